The van der Waals surface area contributed by atoms with E-state index in [-0.39, 0.29) is 17.1 Å². The van der Waals surface area contributed by atoms with E-state index >= 15 is 0 Å². The van der Waals surface area contributed by atoms with Gasteiger partial charge in [-0.2, -0.15) is 0 Å². The number of nitrogens with zero attached hydrogens (tertiary/aromatic N) is 1. The molecule has 0 spiro atoms. The van der Waals surface area contributed by atoms with E-state index in [1.54, 1.807) is 0 Å². The lowest BCUT2D eigenvalue weighted by Crippen LogP contribution is -2.16. The molecule has 0 radical (unpaired) electrons. The van der Waals surface area contributed by atoms with Crippen LogP contribution in [-0.2, 0) is 4.79 Å². The normalized spacial score (nSPS) is 9.81. The predicted octanol–water partition coefficient (Wildman–Crippen LogP) is 0.720. The molecule has 0 unspecified atom stereocenters. The molecule has 0 aliphatic rings. The number of hydrogen-bond donors (Lipinski definition) is 3. The number of aromatic nitrogens is 1. The summed E-state index contributed by atoms with van der Waals surface area (Å²) in [6, 6.07) is 2.94. The monoisotopic (exact) mass is 243 g/mol. The highest BCUT2D eigenvalue weighted by molar-refractivity contribution is 6.33. The van der Waals surface area contributed by atoms with Gasteiger partial charge < -0.3 is 16.2 Å². The Balaban J connectivity index is 2.71. The average Bonchev–Trinajstić information content (AvgIpc) is 2.19. The number of anilines is 1. The molecule has 1 heterocycles. The molecule has 16 heavy (non-hydrogen) atoms. The number of nitrogens with one attached hydrogen (secondary N) is 1. The number of carboxylic acids is 1. The van der Waals surface area contributed by atoms with Gasteiger partial charge in [0.1, 0.15) is 5.82 Å². The van der Waals surface area contributed by atoms with Crippen molar-refractivity contribution in [1.82, 2.24) is 4.98 Å². The lowest BCUT2D eigenvalue weighted by atomic mass is 10.3. The minimum Gasteiger partial charge on any atom is -0.476 e. The fraction of sp³-hybridized carbons (Fsp3) is 0.222. The van der Waals surface area contributed by atoms with E-state index in [2.05, 4.69) is 10.3 Å². The smallest absolute Gasteiger partial charge is 0.356 e. The minimum absolute atomic E-state index is 0.0629. The van der Waals surface area contributed by atoms with Crippen LogP contribution in [0.4, 0.5) is 5.82 Å². The molecule has 0 aromatic carbocycles. The molecule has 1 aromatic rings. The van der Waals surface area contributed by atoms with Crippen molar-refractivity contribution >= 4 is 29.3 Å². The zero-order valence-electron chi connectivity index (χ0n) is 8.24. The highest BCUT2D eigenvalue weighted by Gasteiger charge is 2.11. The number of carbonyl (C=O) groups is 2. The lowest BCUT2D eigenvalue weighted by Gasteiger charge is -2.05. The summed E-state index contributed by atoms with van der Waals surface area (Å²) >= 11 is 5.63. The Kier molecular flexibility index (Phi) is 4.07. The summed E-state index contributed by atoms with van der Waals surface area (Å²) in [5.41, 5.74) is 4.71. The predicted molar refractivity (Wildman–Crippen MR) is 58.5 cm³/mol. The topological polar surface area (TPSA) is 105 Å². The Morgan fingerprint density at radius 3 is 2.75 bits per heavy atom. The van der Waals surface area contributed by atoms with Crippen LogP contribution < -0.4 is 11.1 Å². The van der Waals surface area contributed by atoms with Crippen molar-refractivity contribution in [1.29, 1.82) is 0 Å². The van der Waals surface area contributed by atoms with E-state index in [0.29, 0.717) is 12.4 Å². The van der Waals surface area contributed by atoms with Crippen molar-refractivity contribution in [3.05, 3.63) is 22.8 Å². The molecule has 1 amide bonds. The van der Waals surface area contributed by atoms with Gasteiger partial charge in [-0.3, -0.25) is 4.79 Å². The molecular weight excluding hydrogens is 234 g/mol. The third-order valence-corrected chi connectivity index (χ3v) is 2.03. The number of hydrogen-bond acceptors (Lipinski definition) is 4. The molecule has 0 fully saturated rings. The first-order valence-electron chi connectivity index (χ1n) is 4.42. The molecule has 0 saturated carbocycles. The Morgan fingerprint density at radius 1 is 1.50 bits per heavy atom. The Labute approximate surface area is 96.4 Å². The highest BCUT2D eigenvalue weighted by atomic mass is 35.5. The maximum Gasteiger partial charge on any atom is 0.356 e. The molecular formula is C9H10ClN3O3. The van der Waals surface area contributed by atoms with Gasteiger partial charge in [0.2, 0.25) is 5.91 Å². The van der Waals surface area contributed by atoms with E-state index < -0.39 is 11.9 Å². The molecule has 4 N–H and O–H groups in total. The molecule has 1 rings (SSSR count). The number of nitrogens with two attached hydrogens (primary N) is 1. The zero-order chi connectivity index (χ0) is 12.1. The quantitative estimate of drug-likeness (QED) is 0.707. The number of primary amides is 1. The van der Waals surface area contributed by atoms with E-state index in [9.17, 15) is 9.59 Å². The molecule has 0 aliphatic carbocycles. The van der Waals surface area contributed by atoms with Crippen LogP contribution in [0, 0.1) is 0 Å². The zero-order valence-corrected chi connectivity index (χ0v) is 8.99. The van der Waals surface area contributed by atoms with Gasteiger partial charge in [-0.1, -0.05) is 11.6 Å². The van der Waals surface area contributed by atoms with Crippen LogP contribution in [-0.4, -0.2) is 28.5 Å². The number of aromatic carboxylic acids is 1. The van der Waals surface area contributed by atoms with Gasteiger partial charge in [-0.05, 0) is 12.1 Å². The second-order valence-corrected chi connectivity index (χ2v) is 3.38. The molecule has 7 heteroatoms. The van der Waals surface area contributed by atoms with E-state index in [0.717, 1.165) is 0 Å². The number of amides is 1. The average molecular weight is 244 g/mol. The maximum atomic E-state index is 10.7. The third kappa shape index (κ3) is 3.39. The number of carboxylic acid groups (broad SMARTS) is 1. The second kappa shape index (κ2) is 5.32. The molecule has 6 nitrogen and oxygen atoms in total. The van der Waals surface area contributed by atoms with Gasteiger partial charge >= 0.3 is 5.97 Å². The van der Waals surface area contributed by atoms with Crippen molar-refractivity contribution in [3.8, 4) is 0 Å². The van der Waals surface area contributed by atoms with E-state index in [1.165, 1.54) is 12.1 Å². The van der Waals surface area contributed by atoms with Crippen LogP contribution in [0.3, 0.4) is 0 Å². The number of rotatable bonds is 5. The molecule has 0 bridgehead atoms. The fourth-order valence-electron chi connectivity index (χ4n) is 1.00. The van der Waals surface area contributed by atoms with Gasteiger partial charge in [0.15, 0.2) is 5.69 Å². The van der Waals surface area contributed by atoms with E-state index in [1.807, 2.05) is 0 Å². The van der Waals surface area contributed by atoms with Gasteiger partial charge in [-0.25, -0.2) is 9.78 Å². The summed E-state index contributed by atoms with van der Waals surface area (Å²) in [5.74, 6) is -1.31. The van der Waals surface area contributed by atoms with Gasteiger partial charge in [0, 0.05) is 13.0 Å². The molecule has 0 atom stereocenters. The fourth-order valence-corrected chi connectivity index (χ4v) is 1.19. The highest BCUT2D eigenvalue weighted by Crippen LogP contribution is 2.16. The summed E-state index contributed by atoms with van der Waals surface area (Å²) in [4.78, 5) is 24.9. The first kappa shape index (κ1) is 12.3. The molecule has 0 aliphatic heterocycles. The molecule has 86 valence electrons. The summed E-state index contributed by atoms with van der Waals surface area (Å²) in [6.45, 7) is 0.295. The number of carbonyl (C=O) groups excluding carboxylic acids is 1. The number of pyridine rings is 1. The third-order valence-electron chi connectivity index (χ3n) is 1.73. The standard InChI is InChI=1S/C9H10ClN3O3/c10-5-1-2-7(12-4-3-6(11)14)13-8(5)9(15)16/h1-2H,3-4H2,(H2,11,14)(H,12,13)(H,15,16). The first-order valence-corrected chi connectivity index (χ1v) is 4.80. The van der Waals surface area contributed by atoms with Crippen molar-refractivity contribution in [2.24, 2.45) is 5.73 Å². The van der Waals surface area contributed by atoms with Crippen LogP contribution in [0.15, 0.2) is 12.1 Å². The maximum absolute atomic E-state index is 10.7. The SMILES string of the molecule is NC(=O)CCNc1ccc(Cl)c(C(=O)O)n1. The van der Waals surface area contributed by atoms with Gasteiger partial charge in [-0.15, -0.1) is 0 Å². The van der Waals surface area contributed by atoms with Crippen molar-refractivity contribution in [2.45, 2.75) is 6.42 Å². The van der Waals surface area contributed by atoms with Crippen molar-refractivity contribution < 1.29 is 14.7 Å². The number of halogens is 1. The Morgan fingerprint density at radius 2 is 2.19 bits per heavy atom. The largest absolute Gasteiger partial charge is 0.476 e. The second-order valence-electron chi connectivity index (χ2n) is 2.98. The molecule has 1 aromatic heterocycles. The summed E-state index contributed by atoms with van der Waals surface area (Å²) in [7, 11) is 0. The summed E-state index contributed by atoms with van der Waals surface area (Å²) < 4.78 is 0. The van der Waals surface area contributed by atoms with Crippen molar-refractivity contribution in [2.75, 3.05) is 11.9 Å². The lowest BCUT2D eigenvalue weighted by molar-refractivity contribution is -0.117. The molecule has 0 saturated heterocycles. The van der Waals surface area contributed by atoms with Crippen LogP contribution in [0.1, 0.15) is 16.9 Å². The Bertz CT molecular complexity index is 422. The van der Waals surface area contributed by atoms with Crippen LogP contribution >= 0.6 is 11.6 Å². The van der Waals surface area contributed by atoms with Crippen LogP contribution in [0.2, 0.25) is 5.02 Å². The van der Waals surface area contributed by atoms with Crippen LogP contribution in [0.5, 0.6) is 0 Å². The summed E-state index contributed by atoms with van der Waals surface area (Å²) in [5, 5.41) is 11.6. The van der Waals surface area contributed by atoms with Crippen LogP contribution in [0.25, 0.3) is 0 Å². The summed E-state index contributed by atoms with van der Waals surface area (Å²) in [6.07, 6.45) is 0.146. The van der Waals surface area contributed by atoms with Crippen molar-refractivity contribution in [3.63, 3.8) is 0 Å². The first-order chi connectivity index (χ1) is 7.50. The minimum atomic E-state index is -1.21. The Hall–Kier alpha value is -1.82. The van der Waals surface area contributed by atoms with Gasteiger partial charge in [0.25, 0.3) is 0 Å². The van der Waals surface area contributed by atoms with E-state index in [4.69, 9.17) is 22.4 Å². The van der Waals surface area contributed by atoms with Gasteiger partial charge in [0.05, 0.1) is 5.02 Å².